The second-order valence-electron chi connectivity index (χ2n) is 7.84. The molecule has 0 atom stereocenters. The quantitative estimate of drug-likeness (QED) is 0.303. The maximum atomic E-state index is 2.27. The lowest BCUT2D eigenvalue weighted by molar-refractivity contribution is 0.824. The molecular formula is C30H26O. The normalized spacial score (nSPS) is 10.6. The monoisotopic (exact) mass is 402 g/mol. The summed E-state index contributed by atoms with van der Waals surface area (Å²) in [7, 11) is 0. The van der Waals surface area contributed by atoms with Gasteiger partial charge in [0.15, 0.2) is 0 Å². The van der Waals surface area contributed by atoms with Crippen molar-refractivity contribution in [2.45, 2.75) is 13.3 Å². The molecular weight excluding hydrogens is 376 g/mol. The van der Waals surface area contributed by atoms with Crippen LogP contribution in [0.3, 0.4) is 0 Å². The van der Waals surface area contributed by atoms with Crippen LogP contribution in [0.2, 0.25) is 0 Å². The Labute approximate surface area is 183 Å². The number of fused-ring (bicyclic) bond motifs is 1. The van der Waals surface area contributed by atoms with Crippen LogP contribution in [0.1, 0.15) is 16.7 Å². The van der Waals surface area contributed by atoms with Crippen LogP contribution in [-0.2, 0) is 6.42 Å². The molecule has 0 aliphatic carbocycles. The third kappa shape index (κ3) is 4.01. The zero-order chi connectivity index (χ0) is 20.3. The molecule has 0 heterocycles. The lowest BCUT2D eigenvalue weighted by Gasteiger charge is -2.17. The molecule has 0 aliphatic rings. The molecule has 0 unspecified atom stereocenters. The van der Waals surface area contributed by atoms with Gasteiger partial charge in [0.1, 0.15) is 0 Å². The average molecular weight is 403 g/mol. The van der Waals surface area contributed by atoms with E-state index in [0.29, 0.717) is 0 Å². The number of hydrogen-bond acceptors (Lipinski definition) is 0. The van der Waals surface area contributed by atoms with Gasteiger partial charge in [0, 0.05) is 0 Å². The molecule has 5 aromatic carbocycles. The van der Waals surface area contributed by atoms with Crippen LogP contribution in [0.5, 0.6) is 0 Å². The third-order valence-corrected chi connectivity index (χ3v) is 5.88. The van der Waals surface area contributed by atoms with Crippen molar-refractivity contribution in [3.8, 4) is 22.3 Å². The van der Waals surface area contributed by atoms with Gasteiger partial charge >= 0.3 is 0 Å². The van der Waals surface area contributed by atoms with Crippen molar-refractivity contribution in [1.82, 2.24) is 0 Å². The maximum Gasteiger partial charge on any atom is -0.00196 e. The Balaban J connectivity index is 0.00000231. The van der Waals surface area contributed by atoms with Gasteiger partial charge in [-0.05, 0) is 63.1 Å². The fourth-order valence-corrected chi connectivity index (χ4v) is 4.43. The fraction of sp³-hybridized carbons (Fsp3) is 0.0667. The molecule has 0 spiro atoms. The summed E-state index contributed by atoms with van der Waals surface area (Å²) in [5, 5.41) is 2.59. The maximum absolute atomic E-state index is 2.27. The predicted molar refractivity (Wildman–Crippen MR) is 132 cm³/mol. The van der Waals surface area contributed by atoms with E-state index in [1.54, 1.807) is 0 Å². The van der Waals surface area contributed by atoms with Gasteiger partial charge in [-0.3, -0.25) is 0 Å². The van der Waals surface area contributed by atoms with Crippen LogP contribution in [0, 0.1) is 6.92 Å². The molecule has 5 rings (SSSR count). The van der Waals surface area contributed by atoms with Crippen LogP contribution >= 0.6 is 0 Å². The molecule has 152 valence electrons. The van der Waals surface area contributed by atoms with Crippen LogP contribution in [0.25, 0.3) is 33.0 Å². The van der Waals surface area contributed by atoms with Crippen LogP contribution in [0.4, 0.5) is 0 Å². The summed E-state index contributed by atoms with van der Waals surface area (Å²) in [6.07, 6.45) is 0.930. The number of aryl methyl sites for hydroxylation is 1. The largest absolute Gasteiger partial charge is 0.412 e. The first-order chi connectivity index (χ1) is 14.8. The number of benzene rings is 5. The summed E-state index contributed by atoms with van der Waals surface area (Å²) in [4.78, 5) is 0. The number of hydrogen-bond donors (Lipinski definition) is 0. The second-order valence-corrected chi connectivity index (χ2v) is 7.84. The molecule has 1 heteroatoms. The molecule has 5 aromatic rings. The molecule has 0 fully saturated rings. The molecule has 0 radical (unpaired) electrons. The van der Waals surface area contributed by atoms with E-state index in [0.717, 1.165) is 6.42 Å². The van der Waals surface area contributed by atoms with Crippen LogP contribution < -0.4 is 0 Å². The van der Waals surface area contributed by atoms with Crippen molar-refractivity contribution in [3.63, 3.8) is 0 Å². The van der Waals surface area contributed by atoms with Crippen molar-refractivity contribution < 1.29 is 5.48 Å². The lowest BCUT2D eigenvalue weighted by atomic mass is 9.86. The van der Waals surface area contributed by atoms with E-state index in [2.05, 4.69) is 122 Å². The zero-order valence-electron chi connectivity index (χ0n) is 17.7. The smallest absolute Gasteiger partial charge is 0.00196 e. The van der Waals surface area contributed by atoms with Crippen molar-refractivity contribution in [2.75, 3.05) is 0 Å². The highest BCUT2D eigenvalue weighted by molar-refractivity contribution is 6.02. The van der Waals surface area contributed by atoms with Crippen molar-refractivity contribution in [3.05, 3.63) is 132 Å². The topological polar surface area (TPSA) is 31.5 Å². The highest BCUT2D eigenvalue weighted by Gasteiger charge is 2.14. The van der Waals surface area contributed by atoms with Gasteiger partial charge < -0.3 is 5.48 Å². The SMILES string of the molecule is Cc1ccc2ccccc2c1-c1ccccc1-c1ccccc1Cc1ccccc1.O. The third-order valence-electron chi connectivity index (χ3n) is 5.88. The Kier molecular flexibility index (Phi) is 5.97. The van der Waals surface area contributed by atoms with Gasteiger partial charge in [-0.2, -0.15) is 0 Å². The highest BCUT2D eigenvalue weighted by Crippen LogP contribution is 2.39. The Morgan fingerprint density at radius 2 is 1.13 bits per heavy atom. The minimum atomic E-state index is 0. The summed E-state index contributed by atoms with van der Waals surface area (Å²) < 4.78 is 0. The van der Waals surface area contributed by atoms with Gasteiger partial charge in [0.05, 0.1) is 0 Å². The summed E-state index contributed by atoms with van der Waals surface area (Å²) >= 11 is 0. The zero-order valence-corrected chi connectivity index (χ0v) is 17.7. The highest BCUT2D eigenvalue weighted by atomic mass is 16.0. The van der Waals surface area contributed by atoms with Gasteiger partial charge in [-0.25, -0.2) is 0 Å². The first-order valence-corrected chi connectivity index (χ1v) is 10.5. The van der Waals surface area contributed by atoms with Crippen LogP contribution in [-0.4, -0.2) is 5.48 Å². The van der Waals surface area contributed by atoms with E-state index in [1.165, 1.54) is 49.7 Å². The van der Waals surface area contributed by atoms with E-state index < -0.39 is 0 Å². The van der Waals surface area contributed by atoms with E-state index >= 15 is 0 Å². The average Bonchev–Trinajstić information content (AvgIpc) is 2.80. The van der Waals surface area contributed by atoms with E-state index in [9.17, 15) is 0 Å². The minimum Gasteiger partial charge on any atom is -0.412 e. The summed E-state index contributed by atoms with van der Waals surface area (Å²) in [6, 6.07) is 41.5. The van der Waals surface area contributed by atoms with Crippen LogP contribution in [0.15, 0.2) is 115 Å². The summed E-state index contributed by atoms with van der Waals surface area (Å²) in [5.41, 5.74) is 9.23. The Morgan fingerprint density at radius 1 is 0.516 bits per heavy atom. The molecule has 0 saturated carbocycles. The van der Waals surface area contributed by atoms with E-state index in [4.69, 9.17) is 0 Å². The van der Waals surface area contributed by atoms with Gasteiger partial charge in [0.2, 0.25) is 0 Å². The fourth-order valence-electron chi connectivity index (χ4n) is 4.43. The predicted octanol–water partition coefficient (Wildman–Crippen LogP) is 7.25. The molecule has 1 nitrogen and oxygen atoms in total. The molecule has 0 saturated heterocycles. The molecule has 31 heavy (non-hydrogen) atoms. The molecule has 0 amide bonds. The van der Waals surface area contributed by atoms with E-state index in [-0.39, 0.29) is 5.48 Å². The Morgan fingerprint density at radius 3 is 1.94 bits per heavy atom. The summed E-state index contributed by atoms with van der Waals surface area (Å²) in [6.45, 7) is 2.22. The Bertz CT molecular complexity index is 1320. The first-order valence-electron chi connectivity index (χ1n) is 10.5. The van der Waals surface area contributed by atoms with Crippen molar-refractivity contribution in [2.24, 2.45) is 0 Å². The Hall–Kier alpha value is -3.68. The molecule has 0 aromatic heterocycles. The molecule has 2 N–H and O–H groups in total. The first kappa shape index (κ1) is 20.6. The van der Waals surface area contributed by atoms with Gasteiger partial charge in [0.25, 0.3) is 0 Å². The van der Waals surface area contributed by atoms with Crippen molar-refractivity contribution in [1.29, 1.82) is 0 Å². The standard InChI is InChI=1S/C30H24.H2O/c1-22-19-20-24-13-5-8-16-27(24)30(22)29-18-10-9-17-28(29)26-15-7-6-14-25(26)21-23-11-3-2-4-12-23;/h2-20H,21H2,1H3;1H2. The van der Waals surface area contributed by atoms with Gasteiger partial charge in [-0.15, -0.1) is 0 Å². The van der Waals surface area contributed by atoms with E-state index in [1.807, 2.05) is 0 Å². The number of rotatable bonds is 4. The molecule has 0 aliphatic heterocycles. The summed E-state index contributed by atoms with van der Waals surface area (Å²) in [5.74, 6) is 0. The van der Waals surface area contributed by atoms with Gasteiger partial charge in [-0.1, -0.05) is 115 Å². The lowest BCUT2D eigenvalue weighted by Crippen LogP contribution is -1.95. The molecule has 0 bridgehead atoms. The van der Waals surface area contributed by atoms with Crippen molar-refractivity contribution >= 4 is 10.8 Å². The minimum absolute atomic E-state index is 0. The second kappa shape index (κ2) is 8.99.